The Morgan fingerprint density at radius 3 is 2.78 bits per heavy atom. The number of hydrogen-bond acceptors (Lipinski definition) is 5. The van der Waals surface area contributed by atoms with E-state index in [4.69, 9.17) is 0 Å². The molecule has 0 saturated carbocycles. The van der Waals surface area contributed by atoms with E-state index in [0.29, 0.717) is 11.4 Å². The normalized spacial score (nSPS) is 16.2. The molecule has 0 unspecified atom stereocenters. The van der Waals surface area contributed by atoms with Crippen molar-refractivity contribution < 1.29 is 4.79 Å². The van der Waals surface area contributed by atoms with Crippen molar-refractivity contribution in [3.63, 3.8) is 0 Å². The molecule has 0 atom stereocenters. The standard InChI is InChI=1S/C17H25N5O/c1-4-13(2)11-15(18-3)21-17(23)14-5-6-20-16(12-14)22-9-7-19-8-10-22/h4-6,11-12,18-19H,7-10H2,1-3H3,(H,21,23)/b13-4+,15-11+. The number of carbonyl (C=O) groups is 1. The van der Waals surface area contributed by atoms with Crippen LogP contribution in [0.25, 0.3) is 0 Å². The van der Waals surface area contributed by atoms with Crippen molar-refractivity contribution in [3.05, 3.63) is 47.4 Å². The molecule has 1 fully saturated rings. The zero-order valence-corrected chi connectivity index (χ0v) is 14.0. The summed E-state index contributed by atoms with van der Waals surface area (Å²) in [4.78, 5) is 19.0. The van der Waals surface area contributed by atoms with Crippen LogP contribution in [0.2, 0.25) is 0 Å². The lowest BCUT2D eigenvalue weighted by Gasteiger charge is -2.28. The number of carbonyl (C=O) groups excluding carboxylic acids is 1. The quantitative estimate of drug-likeness (QED) is 0.714. The van der Waals surface area contributed by atoms with Crippen LogP contribution in [0.4, 0.5) is 5.82 Å². The van der Waals surface area contributed by atoms with Gasteiger partial charge in [-0.3, -0.25) is 4.79 Å². The Morgan fingerprint density at radius 1 is 1.39 bits per heavy atom. The van der Waals surface area contributed by atoms with Crippen molar-refractivity contribution in [2.24, 2.45) is 0 Å². The molecule has 1 aliphatic rings. The number of hydrogen-bond donors (Lipinski definition) is 3. The second kappa shape index (κ2) is 8.33. The highest BCUT2D eigenvalue weighted by molar-refractivity contribution is 5.95. The van der Waals surface area contributed by atoms with Crippen LogP contribution in [0, 0.1) is 0 Å². The monoisotopic (exact) mass is 315 g/mol. The molecular formula is C17H25N5O. The van der Waals surface area contributed by atoms with E-state index in [1.807, 2.05) is 32.1 Å². The van der Waals surface area contributed by atoms with Gasteiger partial charge in [0.25, 0.3) is 5.91 Å². The van der Waals surface area contributed by atoms with Gasteiger partial charge >= 0.3 is 0 Å². The fourth-order valence-corrected chi connectivity index (χ4v) is 2.30. The minimum absolute atomic E-state index is 0.145. The number of piperazine rings is 1. The minimum Gasteiger partial charge on any atom is -0.375 e. The molecule has 0 bridgehead atoms. The fourth-order valence-electron chi connectivity index (χ4n) is 2.30. The number of pyridine rings is 1. The topological polar surface area (TPSA) is 69.3 Å². The first-order valence-corrected chi connectivity index (χ1v) is 7.89. The molecule has 6 nitrogen and oxygen atoms in total. The number of aromatic nitrogens is 1. The lowest BCUT2D eigenvalue weighted by Crippen LogP contribution is -2.44. The van der Waals surface area contributed by atoms with Crippen molar-refractivity contribution in [1.29, 1.82) is 0 Å². The van der Waals surface area contributed by atoms with Gasteiger partial charge < -0.3 is 20.9 Å². The number of allylic oxidation sites excluding steroid dienone is 3. The van der Waals surface area contributed by atoms with Crippen LogP contribution in [0.1, 0.15) is 24.2 Å². The van der Waals surface area contributed by atoms with Gasteiger partial charge in [-0.15, -0.1) is 0 Å². The first-order chi connectivity index (χ1) is 11.1. The molecule has 1 aliphatic heterocycles. The van der Waals surface area contributed by atoms with E-state index < -0.39 is 0 Å². The predicted octanol–water partition coefficient (Wildman–Crippen LogP) is 1.25. The zero-order chi connectivity index (χ0) is 16.7. The Hall–Kier alpha value is -2.34. The van der Waals surface area contributed by atoms with Crippen molar-refractivity contribution in [1.82, 2.24) is 20.9 Å². The largest absolute Gasteiger partial charge is 0.375 e. The summed E-state index contributed by atoms with van der Waals surface area (Å²) in [5.74, 6) is 1.37. The molecule has 1 aromatic rings. The minimum atomic E-state index is -0.145. The molecule has 0 aromatic carbocycles. The van der Waals surface area contributed by atoms with Gasteiger partial charge in [0.2, 0.25) is 0 Å². The van der Waals surface area contributed by atoms with Gasteiger partial charge in [0.05, 0.1) is 0 Å². The number of nitrogens with one attached hydrogen (secondary N) is 3. The van der Waals surface area contributed by atoms with Gasteiger partial charge in [0.1, 0.15) is 11.6 Å². The SMILES string of the molecule is C/C=C(C)/C=C(\NC)NC(=O)c1ccnc(N2CCNCC2)c1. The van der Waals surface area contributed by atoms with E-state index in [9.17, 15) is 4.79 Å². The van der Waals surface area contributed by atoms with E-state index in [1.165, 1.54) is 0 Å². The van der Waals surface area contributed by atoms with Crippen LogP contribution in [0.15, 0.2) is 41.9 Å². The van der Waals surface area contributed by atoms with Crippen molar-refractivity contribution in [2.75, 3.05) is 38.1 Å². The fraction of sp³-hybridized carbons (Fsp3) is 0.412. The Kier molecular flexibility index (Phi) is 6.17. The molecule has 1 aromatic heterocycles. The van der Waals surface area contributed by atoms with Crippen molar-refractivity contribution in [2.45, 2.75) is 13.8 Å². The third-order valence-electron chi connectivity index (χ3n) is 3.79. The summed E-state index contributed by atoms with van der Waals surface area (Å²) in [6.07, 6.45) is 5.57. The van der Waals surface area contributed by atoms with E-state index >= 15 is 0 Å². The molecule has 1 amide bonds. The van der Waals surface area contributed by atoms with Gasteiger partial charge in [0, 0.05) is 45.0 Å². The molecule has 124 valence electrons. The second-order valence-corrected chi connectivity index (χ2v) is 5.43. The first kappa shape index (κ1) is 17.0. The van der Waals surface area contributed by atoms with Crippen LogP contribution in [-0.4, -0.2) is 44.1 Å². The molecule has 0 aliphatic carbocycles. The van der Waals surface area contributed by atoms with E-state index in [-0.39, 0.29) is 5.91 Å². The third kappa shape index (κ3) is 4.82. The zero-order valence-electron chi connectivity index (χ0n) is 14.0. The molecule has 6 heteroatoms. The Bertz CT molecular complexity index is 603. The molecule has 23 heavy (non-hydrogen) atoms. The first-order valence-electron chi connectivity index (χ1n) is 7.89. The van der Waals surface area contributed by atoms with E-state index in [0.717, 1.165) is 37.6 Å². The Labute approximate surface area is 137 Å². The second-order valence-electron chi connectivity index (χ2n) is 5.43. The van der Waals surface area contributed by atoms with E-state index in [1.54, 1.807) is 19.3 Å². The molecule has 3 N–H and O–H groups in total. The average Bonchev–Trinajstić information content (AvgIpc) is 2.61. The number of amides is 1. The Morgan fingerprint density at radius 2 is 2.13 bits per heavy atom. The van der Waals surface area contributed by atoms with Crippen molar-refractivity contribution in [3.8, 4) is 0 Å². The lowest BCUT2D eigenvalue weighted by atomic mass is 10.2. The number of anilines is 1. The van der Waals surface area contributed by atoms with Gasteiger partial charge in [-0.25, -0.2) is 4.98 Å². The Balaban J connectivity index is 2.11. The maximum absolute atomic E-state index is 12.4. The molecular weight excluding hydrogens is 290 g/mol. The highest BCUT2D eigenvalue weighted by atomic mass is 16.1. The molecule has 0 spiro atoms. The van der Waals surface area contributed by atoms with Crippen LogP contribution in [0.3, 0.4) is 0 Å². The maximum Gasteiger partial charge on any atom is 0.256 e. The van der Waals surface area contributed by atoms with Crippen LogP contribution < -0.4 is 20.9 Å². The molecule has 2 heterocycles. The summed E-state index contributed by atoms with van der Waals surface area (Å²) in [7, 11) is 1.79. The summed E-state index contributed by atoms with van der Waals surface area (Å²) in [5.41, 5.74) is 1.68. The number of rotatable bonds is 5. The lowest BCUT2D eigenvalue weighted by molar-refractivity contribution is 0.0963. The third-order valence-corrected chi connectivity index (χ3v) is 3.79. The van der Waals surface area contributed by atoms with E-state index in [2.05, 4.69) is 25.8 Å². The van der Waals surface area contributed by atoms with Gasteiger partial charge in [0.15, 0.2) is 0 Å². The highest BCUT2D eigenvalue weighted by Gasteiger charge is 2.14. The van der Waals surface area contributed by atoms with Crippen molar-refractivity contribution >= 4 is 11.7 Å². The van der Waals surface area contributed by atoms with Gasteiger partial charge in [-0.05, 0) is 32.1 Å². The van der Waals surface area contributed by atoms with Gasteiger partial charge in [-0.2, -0.15) is 0 Å². The summed E-state index contributed by atoms with van der Waals surface area (Å²) in [6, 6.07) is 3.58. The molecule has 2 rings (SSSR count). The van der Waals surface area contributed by atoms with Crippen LogP contribution in [-0.2, 0) is 0 Å². The summed E-state index contributed by atoms with van der Waals surface area (Å²) >= 11 is 0. The predicted molar refractivity (Wildman–Crippen MR) is 93.4 cm³/mol. The van der Waals surface area contributed by atoms with Gasteiger partial charge in [-0.1, -0.05) is 11.6 Å². The summed E-state index contributed by atoms with van der Waals surface area (Å²) in [6.45, 7) is 7.63. The average molecular weight is 315 g/mol. The highest BCUT2D eigenvalue weighted by Crippen LogP contribution is 2.13. The van der Waals surface area contributed by atoms with Crippen LogP contribution >= 0.6 is 0 Å². The summed E-state index contributed by atoms with van der Waals surface area (Å²) in [5, 5.41) is 9.20. The smallest absolute Gasteiger partial charge is 0.256 e. The van der Waals surface area contributed by atoms with Crippen LogP contribution in [0.5, 0.6) is 0 Å². The molecule has 1 saturated heterocycles. The molecule has 0 radical (unpaired) electrons. The number of nitrogens with zero attached hydrogens (tertiary/aromatic N) is 2. The maximum atomic E-state index is 12.4. The summed E-state index contributed by atoms with van der Waals surface area (Å²) < 4.78 is 0.